The maximum Gasteiger partial charge on any atom is 0.329 e. The Bertz CT molecular complexity index is 1430. The highest BCUT2D eigenvalue weighted by molar-refractivity contribution is 5.92. The van der Waals surface area contributed by atoms with Gasteiger partial charge < -0.3 is 9.73 Å². The first kappa shape index (κ1) is 18.9. The Hall–Kier alpha value is -4.13. The molecule has 0 saturated carbocycles. The van der Waals surface area contributed by atoms with Gasteiger partial charge in [-0.2, -0.15) is 0 Å². The number of amides is 1. The molecule has 7 nitrogen and oxygen atoms in total. The van der Waals surface area contributed by atoms with Crippen molar-refractivity contribution in [3.05, 3.63) is 83.3 Å². The van der Waals surface area contributed by atoms with Crippen molar-refractivity contribution >= 4 is 33.7 Å². The molecule has 0 aliphatic carbocycles. The molecule has 3 aromatic carbocycles. The summed E-state index contributed by atoms with van der Waals surface area (Å²) in [6.07, 6.45) is 0. The summed E-state index contributed by atoms with van der Waals surface area (Å²) >= 11 is 0. The average molecular weight is 412 g/mol. The van der Waals surface area contributed by atoms with E-state index in [-0.39, 0.29) is 18.1 Å². The number of carbonyl (C=O) groups excluding carboxylic acids is 1. The van der Waals surface area contributed by atoms with E-state index in [0.717, 1.165) is 27.7 Å². The van der Waals surface area contributed by atoms with Crippen molar-refractivity contribution in [1.29, 1.82) is 0 Å². The van der Waals surface area contributed by atoms with Crippen LogP contribution in [0.15, 0.2) is 82.0 Å². The first-order chi connectivity index (χ1) is 15.1. The number of aryl methyl sites for hydroxylation is 1. The average Bonchev–Trinajstić information content (AvgIpc) is 3.33. The number of anilines is 1. The van der Waals surface area contributed by atoms with Crippen molar-refractivity contribution in [1.82, 2.24) is 14.1 Å². The van der Waals surface area contributed by atoms with Crippen LogP contribution in [0.1, 0.15) is 6.92 Å². The zero-order chi connectivity index (χ0) is 21.4. The summed E-state index contributed by atoms with van der Waals surface area (Å²) in [6.45, 7) is 2.40. The molecule has 0 atom stereocenters. The second-order valence-corrected chi connectivity index (χ2v) is 7.21. The van der Waals surface area contributed by atoms with E-state index in [1.54, 1.807) is 16.7 Å². The van der Waals surface area contributed by atoms with Crippen molar-refractivity contribution in [3.63, 3.8) is 0 Å². The fourth-order valence-corrected chi connectivity index (χ4v) is 3.77. The molecule has 1 N–H and O–H groups in total. The minimum absolute atomic E-state index is 0.0563. The molecule has 7 heteroatoms. The van der Waals surface area contributed by atoms with Crippen LogP contribution in [0.25, 0.3) is 33.6 Å². The maximum absolute atomic E-state index is 12.7. The number of nitrogens with zero attached hydrogens (tertiary/aromatic N) is 3. The van der Waals surface area contributed by atoms with Crippen LogP contribution in [0.5, 0.6) is 0 Å². The smallest absolute Gasteiger partial charge is 0.329 e. The van der Waals surface area contributed by atoms with Gasteiger partial charge in [0.2, 0.25) is 11.8 Å². The SMILES string of the molecule is CCn1c(=O)n(CC(=O)Nc2ccc(-c3nc4ccccc4o3)cc2)c2ccccc21. The number of hydrogen-bond donors (Lipinski definition) is 1. The second-order valence-electron chi connectivity index (χ2n) is 7.21. The fourth-order valence-electron chi connectivity index (χ4n) is 3.77. The fraction of sp³-hybridized carbons (Fsp3) is 0.125. The Morgan fingerprint density at radius 2 is 1.61 bits per heavy atom. The largest absolute Gasteiger partial charge is 0.436 e. The van der Waals surface area contributed by atoms with E-state index in [9.17, 15) is 9.59 Å². The van der Waals surface area contributed by atoms with E-state index >= 15 is 0 Å². The number of para-hydroxylation sites is 4. The van der Waals surface area contributed by atoms with Gasteiger partial charge in [0.1, 0.15) is 12.1 Å². The van der Waals surface area contributed by atoms with Crippen LogP contribution in [0.4, 0.5) is 5.69 Å². The van der Waals surface area contributed by atoms with Gasteiger partial charge in [0, 0.05) is 17.8 Å². The van der Waals surface area contributed by atoms with Crippen molar-refractivity contribution in [3.8, 4) is 11.5 Å². The van der Waals surface area contributed by atoms with E-state index in [1.807, 2.05) is 67.6 Å². The number of oxazole rings is 1. The molecule has 5 rings (SSSR count). The van der Waals surface area contributed by atoms with Gasteiger partial charge in [-0.15, -0.1) is 0 Å². The lowest BCUT2D eigenvalue weighted by atomic mass is 10.2. The molecular weight excluding hydrogens is 392 g/mol. The maximum atomic E-state index is 12.7. The lowest BCUT2D eigenvalue weighted by Gasteiger charge is -2.07. The molecule has 0 aliphatic heterocycles. The van der Waals surface area contributed by atoms with Gasteiger partial charge in [-0.25, -0.2) is 9.78 Å². The Labute approximate surface area is 177 Å². The summed E-state index contributed by atoms with van der Waals surface area (Å²) in [5.41, 5.74) is 4.36. The number of carbonyl (C=O) groups is 1. The Morgan fingerprint density at radius 1 is 0.935 bits per heavy atom. The lowest BCUT2D eigenvalue weighted by Crippen LogP contribution is -2.29. The van der Waals surface area contributed by atoms with Gasteiger partial charge >= 0.3 is 5.69 Å². The number of aromatic nitrogens is 3. The first-order valence-corrected chi connectivity index (χ1v) is 10.1. The Kier molecular flexibility index (Phi) is 4.63. The van der Waals surface area contributed by atoms with E-state index in [0.29, 0.717) is 18.1 Å². The number of imidazole rings is 1. The van der Waals surface area contributed by atoms with Crippen LogP contribution in [0, 0.1) is 0 Å². The predicted molar refractivity (Wildman–Crippen MR) is 120 cm³/mol. The normalized spacial score (nSPS) is 11.3. The van der Waals surface area contributed by atoms with Gasteiger partial charge in [0.15, 0.2) is 5.58 Å². The van der Waals surface area contributed by atoms with Crippen molar-refractivity contribution in [2.75, 3.05) is 5.32 Å². The number of benzene rings is 3. The van der Waals surface area contributed by atoms with Crippen LogP contribution in [-0.2, 0) is 17.9 Å². The second kappa shape index (κ2) is 7.60. The highest BCUT2D eigenvalue weighted by Gasteiger charge is 2.15. The molecule has 0 fully saturated rings. The van der Waals surface area contributed by atoms with E-state index in [4.69, 9.17) is 4.42 Å². The summed E-state index contributed by atoms with van der Waals surface area (Å²) in [4.78, 5) is 29.8. The molecule has 0 spiro atoms. The monoisotopic (exact) mass is 412 g/mol. The topological polar surface area (TPSA) is 82.1 Å². The third kappa shape index (κ3) is 3.40. The third-order valence-electron chi connectivity index (χ3n) is 5.25. The van der Waals surface area contributed by atoms with Crippen LogP contribution in [0.2, 0.25) is 0 Å². The van der Waals surface area contributed by atoms with Crippen molar-refractivity contribution in [2.24, 2.45) is 0 Å². The zero-order valence-electron chi connectivity index (χ0n) is 16.9. The highest BCUT2D eigenvalue weighted by atomic mass is 16.3. The molecule has 0 radical (unpaired) electrons. The van der Waals surface area contributed by atoms with Gasteiger partial charge in [-0.1, -0.05) is 24.3 Å². The highest BCUT2D eigenvalue weighted by Crippen LogP contribution is 2.25. The molecule has 154 valence electrons. The zero-order valence-corrected chi connectivity index (χ0v) is 16.9. The molecule has 0 bridgehead atoms. The molecule has 0 aliphatic rings. The minimum Gasteiger partial charge on any atom is -0.436 e. The number of rotatable bonds is 5. The third-order valence-corrected chi connectivity index (χ3v) is 5.25. The van der Waals surface area contributed by atoms with E-state index in [1.165, 1.54) is 4.57 Å². The standard InChI is InChI=1S/C24H20N4O3/c1-2-27-19-8-4-5-9-20(19)28(24(27)30)15-22(29)25-17-13-11-16(12-14-17)23-26-18-7-3-6-10-21(18)31-23/h3-14H,2,15H2,1H3,(H,25,29). The molecule has 1 amide bonds. The summed E-state index contributed by atoms with van der Waals surface area (Å²) in [6, 6.07) is 22.3. The summed E-state index contributed by atoms with van der Waals surface area (Å²) < 4.78 is 8.95. The lowest BCUT2D eigenvalue weighted by molar-refractivity contribution is -0.116. The molecule has 0 unspecified atom stereocenters. The van der Waals surface area contributed by atoms with Crippen LogP contribution in [-0.4, -0.2) is 20.0 Å². The van der Waals surface area contributed by atoms with Crippen molar-refractivity contribution < 1.29 is 9.21 Å². The minimum atomic E-state index is -0.268. The van der Waals surface area contributed by atoms with Crippen LogP contribution < -0.4 is 11.0 Å². The predicted octanol–water partition coefficient (Wildman–Crippen LogP) is 4.27. The van der Waals surface area contributed by atoms with Gasteiger partial charge in [0.25, 0.3) is 0 Å². The van der Waals surface area contributed by atoms with Crippen LogP contribution >= 0.6 is 0 Å². The quantitative estimate of drug-likeness (QED) is 0.467. The summed E-state index contributed by atoms with van der Waals surface area (Å²) in [5, 5.41) is 2.86. The van der Waals surface area contributed by atoms with Crippen molar-refractivity contribution in [2.45, 2.75) is 20.0 Å². The Morgan fingerprint density at radius 3 is 2.32 bits per heavy atom. The molecule has 31 heavy (non-hydrogen) atoms. The summed E-state index contributed by atoms with van der Waals surface area (Å²) in [7, 11) is 0. The first-order valence-electron chi connectivity index (χ1n) is 10.1. The van der Waals surface area contributed by atoms with Gasteiger partial charge in [-0.05, 0) is 55.5 Å². The molecular formula is C24H20N4O3. The molecule has 0 saturated heterocycles. The van der Waals surface area contributed by atoms with Crippen LogP contribution in [0.3, 0.4) is 0 Å². The van der Waals surface area contributed by atoms with E-state index < -0.39 is 0 Å². The van der Waals surface area contributed by atoms with Gasteiger partial charge in [0.05, 0.1) is 11.0 Å². The van der Waals surface area contributed by atoms with E-state index in [2.05, 4.69) is 10.3 Å². The Balaban J connectivity index is 1.35. The molecule has 2 aromatic heterocycles. The number of fused-ring (bicyclic) bond motifs is 2. The van der Waals surface area contributed by atoms with Gasteiger partial charge in [-0.3, -0.25) is 13.9 Å². The summed E-state index contributed by atoms with van der Waals surface area (Å²) in [5.74, 6) is 0.258. The molecule has 2 heterocycles. The number of nitrogens with one attached hydrogen (secondary N) is 1. The number of hydrogen-bond acceptors (Lipinski definition) is 4. The molecule has 5 aromatic rings.